The highest BCUT2D eigenvalue weighted by molar-refractivity contribution is 5.76. The van der Waals surface area contributed by atoms with Gasteiger partial charge in [0, 0.05) is 32.3 Å². The molecular weight excluding hydrogens is 358 g/mol. The van der Waals surface area contributed by atoms with Crippen molar-refractivity contribution in [2.45, 2.75) is 51.5 Å². The quantitative estimate of drug-likeness (QED) is 0.713. The summed E-state index contributed by atoms with van der Waals surface area (Å²) in [6.07, 6.45) is 9.43. The van der Waals surface area contributed by atoms with Gasteiger partial charge in [-0.25, -0.2) is 0 Å². The van der Waals surface area contributed by atoms with E-state index in [1.54, 1.807) is 0 Å². The Balaban J connectivity index is 1.19. The van der Waals surface area contributed by atoms with Crippen molar-refractivity contribution in [3.05, 3.63) is 65.5 Å². The molecule has 1 aromatic heterocycles. The van der Waals surface area contributed by atoms with Gasteiger partial charge in [-0.1, -0.05) is 30.3 Å². The minimum absolute atomic E-state index is 0.323. The van der Waals surface area contributed by atoms with Crippen LogP contribution in [0.5, 0.6) is 0 Å². The van der Waals surface area contributed by atoms with E-state index >= 15 is 0 Å². The summed E-state index contributed by atoms with van der Waals surface area (Å²) in [6, 6.07) is 15.2. The van der Waals surface area contributed by atoms with E-state index in [0.717, 1.165) is 45.1 Å². The van der Waals surface area contributed by atoms with E-state index < -0.39 is 0 Å². The zero-order valence-electron chi connectivity index (χ0n) is 17.4. The number of pyridine rings is 1. The van der Waals surface area contributed by atoms with Gasteiger partial charge in [-0.05, 0) is 80.8 Å². The second-order valence-electron chi connectivity index (χ2n) is 8.65. The number of nitrogens with zero attached hydrogens (tertiary/aromatic N) is 3. The zero-order chi connectivity index (χ0) is 19.9. The standard InChI is InChI=1S/C25H33N3O/c29-25(28-15-3-4-16-28)11-10-21-6-8-22(9-7-21)19-23-12-17-27(18-13-23)20-24-5-1-2-14-26-24/h1-2,5-9,14,23H,3-4,10-13,15-20H2. The van der Waals surface area contributed by atoms with Gasteiger partial charge in [0.1, 0.15) is 0 Å². The topological polar surface area (TPSA) is 36.4 Å². The van der Waals surface area contributed by atoms with Crippen molar-refractivity contribution in [2.24, 2.45) is 5.92 Å². The number of aromatic nitrogens is 1. The summed E-state index contributed by atoms with van der Waals surface area (Å²) >= 11 is 0. The molecule has 2 saturated heterocycles. The Morgan fingerprint density at radius 2 is 1.66 bits per heavy atom. The molecule has 1 amide bonds. The lowest BCUT2D eigenvalue weighted by Gasteiger charge is -2.31. The van der Waals surface area contributed by atoms with Crippen molar-refractivity contribution in [3.63, 3.8) is 0 Å². The molecule has 0 bridgehead atoms. The summed E-state index contributed by atoms with van der Waals surface area (Å²) in [4.78, 5) is 21.2. The van der Waals surface area contributed by atoms with E-state index in [4.69, 9.17) is 0 Å². The molecule has 2 fully saturated rings. The van der Waals surface area contributed by atoms with Gasteiger partial charge in [0.05, 0.1) is 5.69 Å². The van der Waals surface area contributed by atoms with Gasteiger partial charge in [0.15, 0.2) is 0 Å². The van der Waals surface area contributed by atoms with Crippen LogP contribution in [-0.4, -0.2) is 46.9 Å². The highest BCUT2D eigenvalue weighted by Gasteiger charge is 2.20. The van der Waals surface area contributed by atoms with Crippen LogP contribution in [0.25, 0.3) is 0 Å². The number of piperidine rings is 1. The SMILES string of the molecule is O=C(CCc1ccc(CC2CCN(Cc3ccccn3)CC2)cc1)N1CCCC1. The zero-order valence-corrected chi connectivity index (χ0v) is 17.4. The molecule has 0 saturated carbocycles. The van der Waals surface area contributed by atoms with Crippen molar-refractivity contribution in [2.75, 3.05) is 26.2 Å². The number of carbonyl (C=O) groups is 1. The molecule has 2 aromatic rings. The normalized spacial score (nSPS) is 18.3. The molecule has 4 nitrogen and oxygen atoms in total. The number of hydrogen-bond acceptors (Lipinski definition) is 3. The Labute approximate surface area is 174 Å². The highest BCUT2D eigenvalue weighted by atomic mass is 16.2. The number of aryl methyl sites for hydroxylation is 1. The van der Waals surface area contributed by atoms with Gasteiger partial charge in [0.25, 0.3) is 0 Å². The molecule has 0 radical (unpaired) electrons. The first-order valence-electron chi connectivity index (χ1n) is 11.2. The molecule has 29 heavy (non-hydrogen) atoms. The third-order valence-corrected chi connectivity index (χ3v) is 6.45. The number of likely N-dealkylation sites (tertiary alicyclic amines) is 2. The van der Waals surface area contributed by atoms with Crippen LogP contribution in [0, 0.1) is 5.92 Å². The summed E-state index contributed by atoms with van der Waals surface area (Å²) in [5, 5.41) is 0. The van der Waals surface area contributed by atoms with Crippen molar-refractivity contribution < 1.29 is 4.79 Å². The van der Waals surface area contributed by atoms with E-state index in [-0.39, 0.29) is 0 Å². The molecule has 4 rings (SSSR count). The van der Waals surface area contributed by atoms with E-state index in [1.807, 2.05) is 17.2 Å². The molecule has 0 unspecified atom stereocenters. The Morgan fingerprint density at radius 1 is 0.931 bits per heavy atom. The summed E-state index contributed by atoms with van der Waals surface area (Å²) in [5.74, 6) is 1.10. The largest absolute Gasteiger partial charge is 0.343 e. The summed E-state index contributed by atoms with van der Waals surface area (Å²) < 4.78 is 0. The fraction of sp³-hybridized carbons (Fsp3) is 0.520. The molecule has 0 aliphatic carbocycles. The van der Waals surface area contributed by atoms with Crippen molar-refractivity contribution in [1.29, 1.82) is 0 Å². The van der Waals surface area contributed by atoms with Crippen LogP contribution in [0.4, 0.5) is 0 Å². The van der Waals surface area contributed by atoms with Gasteiger partial charge in [-0.3, -0.25) is 14.7 Å². The first-order valence-corrected chi connectivity index (χ1v) is 11.2. The maximum Gasteiger partial charge on any atom is 0.222 e. The van der Waals surface area contributed by atoms with Crippen LogP contribution in [0.15, 0.2) is 48.7 Å². The molecule has 1 aromatic carbocycles. The summed E-state index contributed by atoms with van der Waals surface area (Å²) in [7, 11) is 0. The van der Waals surface area contributed by atoms with Gasteiger partial charge in [0.2, 0.25) is 5.91 Å². The number of amides is 1. The maximum atomic E-state index is 12.2. The number of carbonyl (C=O) groups excluding carboxylic acids is 1. The molecule has 0 spiro atoms. The summed E-state index contributed by atoms with van der Waals surface area (Å²) in [6.45, 7) is 5.21. The smallest absolute Gasteiger partial charge is 0.222 e. The van der Waals surface area contributed by atoms with Crippen molar-refractivity contribution in [3.8, 4) is 0 Å². The lowest BCUT2D eigenvalue weighted by Crippen LogP contribution is -2.34. The number of rotatable bonds is 7. The van der Waals surface area contributed by atoms with Crippen LogP contribution in [0.3, 0.4) is 0 Å². The molecule has 0 atom stereocenters. The first kappa shape index (κ1) is 20.1. The van der Waals surface area contributed by atoms with E-state index in [2.05, 4.69) is 46.3 Å². The van der Waals surface area contributed by atoms with E-state index in [1.165, 1.54) is 48.9 Å². The molecule has 2 aliphatic rings. The number of benzene rings is 1. The Kier molecular flexibility index (Phi) is 6.94. The predicted molar refractivity (Wildman–Crippen MR) is 117 cm³/mol. The molecule has 3 heterocycles. The Morgan fingerprint density at radius 3 is 2.34 bits per heavy atom. The van der Waals surface area contributed by atoms with Gasteiger partial charge < -0.3 is 4.90 Å². The van der Waals surface area contributed by atoms with E-state index in [9.17, 15) is 4.79 Å². The molecule has 0 N–H and O–H groups in total. The average Bonchev–Trinajstić information content (AvgIpc) is 3.30. The van der Waals surface area contributed by atoms with Crippen LogP contribution < -0.4 is 0 Å². The number of hydrogen-bond donors (Lipinski definition) is 0. The molecule has 2 aliphatic heterocycles. The van der Waals surface area contributed by atoms with Crippen LogP contribution >= 0.6 is 0 Å². The summed E-state index contributed by atoms with van der Waals surface area (Å²) in [5.41, 5.74) is 3.89. The van der Waals surface area contributed by atoms with Gasteiger partial charge in [-0.2, -0.15) is 0 Å². The van der Waals surface area contributed by atoms with E-state index in [0.29, 0.717) is 12.3 Å². The fourth-order valence-electron chi connectivity index (χ4n) is 4.62. The minimum atomic E-state index is 0.323. The van der Waals surface area contributed by atoms with Gasteiger partial charge in [-0.15, -0.1) is 0 Å². The first-order chi connectivity index (χ1) is 14.3. The van der Waals surface area contributed by atoms with Crippen molar-refractivity contribution >= 4 is 5.91 Å². The maximum absolute atomic E-state index is 12.2. The highest BCUT2D eigenvalue weighted by Crippen LogP contribution is 2.23. The molecular formula is C25H33N3O. The fourth-order valence-corrected chi connectivity index (χ4v) is 4.62. The van der Waals surface area contributed by atoms with Gasteiger partial charge >= 0.3 is 0 Å². The van der Waals surface area contributed by atoms with Crippen LogP contribution in [0.1, 0.15) is 48.9 Å². The third kappa shape index (κ3) is 5.89. The minimum Gasteiger partial charge on any atom is -0.343 e. The Hall–Kier alpha value is -2.20. The lowest BCUT2D eigenvalue weighted by molar-refractivity contribution is -0.130. The second-order valence-corrected chi connectivity index (χ2v) is 8.65. The predicted octanol–water partition coefficient (Wildman–Crippen LogP) is 4.09. The molecule has 4 heteroatoms. The van der Waals surface area contributed by atoms with Crippen molar-refractivity contribution in [1.82, 2.24) is 14.8 Å². The average molecular weight is 392 g/mol. The van der Waals surface area contributed by atoms with Crippen LogP contribution in [-0.2, 0) is 24.2 Å². The molecule has 154 valence electrons. The monoisotopic (exact) mass is 391 g/mol. The van der Waals surface area contributed by atoms with Crippen LogP contribution in [0.2, 0.25) is 0 Å². The lowest BCUT2D eigenvalue weighted by atomic mass is 9.89. The third-order valence-electron chi connectivity index (χ3n) is 6.45. The second kappa shape index (κ2) is 10.0. The Bertz CT molecular complexity index is 760.